The van der Waals surface area contributed by atoms with Crippen LogP contribution in [-0.4, -0.2) is 42.4 Å². The Morgan fingerprint density at radius 3 is 2.39 bits per heavy atom. The van der Waals surface area contributed by atoms with E-state index in [9.17, 15) is 32.3 Å². The standard InChI is InChI=1S/C21H19F4N5O3/c1-11(20(2,3)33)28-18(31)15-7-16(12-4-5-17(27-8-12)21(23,24)25)29-30(19(15)32)14-6-13(22)9-26-10-14/h4-11,33H,1-3H3,(H,28,31). The van der Waals surface area contributed by atoms with Gasteiger partial charge in [-0.05, 0) is 39.0 Å². The van der Waals surface area contributed by atoms with Crippen molar-refractivity contribution < 1.29 is 27.5 Å². The summed E-state index contributed by atoms with van der Waals surface area (Å²) < 4.78 is 53.0. The number of amides is 1. The molecule has 0 aliphatic carbocycles. The van der Waals surface area contributed by atoms with E-state index in [1.165, 1.54) is 20.8 Å². The quantitative estimate of drug-likeness (QED) is 0.561. The third-order valence-corrected chi connectivity index (χ3v) is 4.85. The second-order valence-electron chi connectivity index (χ2n) is 7.80. The molecular formula is C21H19F4N5O3. The van der Waals surface area contributed by atoms with Crippen molar-refractivity contribution >= 4 is 5.91 Å². The van der Waals surface area contributed by atoms with Crippen molar-refractivity contribution in [1.82, 2.24) is 25.1 Å². The van der Waals surface area contributed by atoms with Crippen LogP contribution in [0.5, 0.6) is 0 Å². The lowest BCUT2D eigenvalue weighted by molar-refractivity contribution is -0.141. The number of rotatable bonds is 5. The van der Waals surface area contributed by atoms with Gasteiger partial charge in [-0.3, -0.25) is 19.6 Å². The van der Waals surface area contributed by atoms with Gasteiger partial charge in [0.15, 0.2) is 0 Å². The first-order valence-electron chi connectivity index (χ1n) is 9.59. The highest BCUT2D eigenvalue weighted by Gasteiger charge is 2.32. The van der Waals surface area contributed by atoms with Crippen LogP contribution >= 0.6 is 0 Å². The van der Waals surface area contributed by atoms with Crippen LogP contribution in [0, 0.1) is 5.82 Å². The maximum absolute atomic E-state index is 13.7. The lowest BCUT2D eigenvalue weighted by atomic mass is 10.0. The highest BCUT2D eigenvalue weighted by atomic mass is 19.4. The fourth-order valence-corrected chi connectivity index (χ4v) is 2.65. The zero-order valence-corrected chi connectivity index (χ0v) is 17.7. The molecule has 174 valence electrons. The molecule has 1 amide bonds. The number of nitrogens with zero attached hydrogens (tertiary/aromatic N) is 4. The van der Waals surface area contributed by atoms with Crippen LogP contribution in [0.2, 0.25) is 0 Å². The number of pyridine rings is 2. The van der Waals surface area contributed by atoms with Gasteiger partial charge in [0, 0.05) is 17.8 Å². The molecule has 0 aliphatic heterocycles. The molecule has 0 spiro atoms. The van der Waals surface area contributed by atoms with E-state index < -0.39 is 46.4 Å². The molecule has 3 aromatic rings. The molecule has 12 heteroatoms. The Kier molecular flexibility index (Phi) is 6.32. The van der Waals surface area contributed by atoms with E-state index >= 15 is 0 Å². The molecule has 33 heavy (non-hydrogen) atoms. The molecule has 0 saturated carbocycles. The number of hydrogen-bond donors (Lipinski definition) is 2. The van der Waals surface area contributed by atoms with Crippen molar-refractivity contribution in [3.63, 3.8) is 0 Å². The molecule has 2 N–H and O–H groups in total. The van der Waals surface area contributed by atoms with Gasteiger partial charge in [0.2, 0.25) is 0 Å². The molecule has 8 nitrogen and oxygen atoms in total. The van der Waals surface area contributed by atoms with Crippen molar-refractivity contribution in [2.75, 3.05) is 0 Å². The fraction of sp³-hybridized carbons (Fsp3) is 0.286. The summed E-state index contributed by atoms with van der Waals surface area (Å²) >= 11 is 0. The van der Waals surface area contributed by atoms with E-state index in [0.29, 0.717) is 4.68 Å². The van der Waals surface area contributed by atoms with E-state index in [4.69, 9.17) is 0 Å². The predicted octanol–water partition coefficient (Wildman–Crippen LogP) is 2.74. The minimum absolute atomic E-state index is 0.0684. The average molecular weight is 465 g/mol. The van der Waals surface area contributed by atoms with Crippen LogP contribution in [-0.2, 0) is 6.18 Å². The lowest BCUT2D eigenvalue weighted by Crippen LogP contribution is -2.48. The van der Waals surface area contributed by atoms with Crippen molar-refractivity contribution in [2.24, 2.45) is 0 Å². The predicted molar refractivity (Wildman–Crippen MR) is 109 cm³/mol. The van der Waals surface area contributed by atoms with Gasteiger partial charge < -0.3 is 10.4 Å². The maximum atomic E-state index is 13.7. The summed E-state index contributed by atoms with van der Waals surface area (Å²) in [5, 5.41) is 16.6. The van der Waals surface area contributed by atoms with Crippen LogP contribution in [0.4, 0.5) is 17.6 Å². The third-order valence-electron chi connectivity index (χ3n) is 4.85. The molecule has 0 fully saturated rings. The molecule has 0 bridgehead atoms. The number of halogens is 4. The van der Waals surface area contributed by atoms with Gasteiger partial charge in [0.25, 0.3) is 11.5 Å². The van der Waals surface area contributed by atoms with Gasteiger partial charge in [-0.25, -0.2) is 4.39 Å². The zero-order valence-electron chi connectivity index (χ0n) is 17.7. The third kappa shape index (κ3) is 5.40. The van der Waals surface area contributed by atoms with Crippen LogP contribution in [0.1, 0.15) is 36.8 Å². The van der Waals surface area contributed by atoms with E-state index in [2.05, 4.69) is 20.4 Å². The van der Waals surface area contributed by atoms with Crippen molar-refractivity contribution in [2.45, 2.75) is 38.6 Å². The first kappa shape index (κ1) is 24.0. The van der Waals surface area contributed by atoms with Gasteiger partial charge in [-0.1, -0.05) is 0 Å². The minimum Gasteiger partial charge on any atom is -0.388 e. The summed E-state index contributed by atoms with van der Waals surface area (Å²) in [7, 11) is 0. The normalized spacial score (nSPS) is 13.0. The fourth-order valence-electron chi connectivity index (χ4n) is 2.65. The largest absolute Gasteiger partial charge is 0.433 e. The average Bonchev–Trinajstić information content (AvgIpc) is 2.72. The Balaban J connectivity index is 2.16. The number of nitrogens with one attached hydrogen (secondary N) is 1. The Morgan fingerprint density at radius 2 is 1.85 bits per heavy atom. The molecule has 0 aliphatic rings. The maximum Gasteiger partial charge on any atom is 0.433 e. The summed E-state index contributed by atoms with van der Waals surface area (Å²) in [6, 6.07) is 3.09. The number of carbonyl (C=O) groups is 1. The highest BCUT2D eigenvalue weighted by Crippen LogP contribution is 2.28. The number of aliphatic hydroxyl groups is 1. The van der Waals surface area contributed by atoms with Crippen LogP contribution in [0.3, 0.4) is 0 Å². The highest BCUT2D eigenvalue weighted by molar-refractivity contribution is 5.95. The van der Waals surface area contributed by atoms with Crippen molar-refractivity contribution in [3.05, 3.63) is 70.3 Å². The molecule has 1 atom stereocenters. The summed E-state index contributed by atoms with van der Waals surface area (Å²) in [6.07, 6.45) is -1.73. The van der Waals surface area contributed by atoms with E-state index in [0.717, 1.165) is 42.9 Å². The Labute approximate surface area is 184 Å². The molecule has 1 unspecified atom stereocenters. The summed E-state index contributed by atoms with van der Waals surface area (Å²) in [5.41, 5.74) is -3.90. The van der Waals surface area contributed by atoms with Crippen molar-refractivity contribution in [3.8, 4) is 16.9 Å². The second kappa shape index (κ2) is 8.70. The van der Waals surface area contributed by atoms with Crippen molar-refractivity contribution in [1.29, 1.82) is 0 Å². The van der Waals surface area contributed by atoms with E-state index in [1.54, 1.807) is 0 Å². The number of carbonyl (C=O) groups excluding carboxylic acids is 1. The number of alkyl halides is 3. The SMILES string of the molecule is CC(NC(=O)c1cc(-c2ccc(C(F)(F)F)nc2)nn(-c2cncc(F)c2)c1=O)C(C)(C)O. The van der Waals surface area contributed by atoms with Crippen LogP contribution < -0.4 is 10.9 Å². The summed E-state index contributed by atoms with van der Waals surface area (Å²) in [5.74, 6) is -1.64. The minimum atomic E-state index is -4.66. The van der Waals surface area contributed by atoms with E-state index in [-0.39, 0.29) is 16.9 Å². The molecular weight excluding hydrogens is 446 g/mol. The second-order valence-corrected chi connectivity index (χ2v) is 7.80. The van der Waals surface area contributed by atoms with Gasteiger partial charge in [0.1, 0.15) is 17.1 Å². The number of aromatic nitrogens is 4. The topological polar surface area (TPSA) is 110 Å². The Morgan fingerprint density at radius 1 is 1.15 bits per heavy atom. The molecule has 0 aromatic carbocycles. The van der Waals surface area contributed by atoms with Gasteiger partial charge >= 0.3 is 6.18 Å². The van der Waals surface area contributed by atoms with Crippen LogP contribution in [0.25, 0.3) is 16.9 Å². The summed E-state index contributed by atoms with van der Waals surface area (Å²) in [4.78, 5) is 32.8. The van der Waals surface area contributed by atoms with Gasteiger partial charge in [-0.15, -0.1) is 0 Å². The first-order chi connectivity index (χ1) is 15.3. The molecule has 3 heterocycles. The monoisotopic (exact) mass is 465 g/mol. The smallest absolute Gasteiger partial charge is 0.388 e. The van der Waals surface area contributed by atoms with Gasteiger partial charge in [-0.2, -0.15) is 23.0 Å². The van der Waals surface area contributed by atoms with E-state index in [1.807, 2.05) is 0 Å². The summed E-state index contributed by atoms with van der Waals surface area (Å²) in [6.45, 7) is 4.44. The molecule has 3 aromatic heterocycles. The zero-order chi connectivity index (χ0) is 24.6. The Hall–Kier alpha value is -3.67. The molecule has 0 saturated heterocycles. The Bertz CT molecular complexity index is 1230. The molecule has 0 radical (unpaired) electrons. The van der Waals surface area contributed by atoms with Crippen LogP contribution in [0.15, 0.2) is 47.7 Å². The lowest BCUT2D eigenvalue weighted by Gasteiger charge is -2.26. The first-order valence-corrected chi connectivity index (χ1v) is 9.59. The molecule has 3 rings (SSSR count). The number of hydrogen-bond acceptors (Lipinski definition) is 6. The van der Waals surface area contributed by atoms with Gasteiger partial charge in [0.05, 0.1) is 35.4 Å².